The number of nitrogens with one attached hydrogen (secondary N) is 1. The molecule has 2 rings (SSSR count). The maximum atomic E-state index is 3.49. The van der Waals surface area contributed by atoms with Crippen LogP contribution in [-0.2, 0) is 6.54 Å². The fourth-order valence-electron chi connectivity index (χ4n) is 1.97. The van der Waals surface area contributed by atoms with Crippen molar-refractivity contribution in [1.29, 1.82) is 0 Å². The maximum Gasteiger partial charge on any atom is 0.0216 e. The largest absolute Gasteiger partial charge is 0.313 e. The molecule has 1 saturated carbocycles. The van der Waals surface area contributed by atoms with Crippen LogP contribution in [0.3, 0.4) is 0 Å². The van der Waals surface area contributed by atoms with Gasteiger partial charge >= 0.3 is 0 Å². The van der Waals surface area contributed by atoms with Crippen LogP contribution in [0.4, 0.5) is 0 Å². The van der Waals surface area contributed by atoms with E-state index in [1.807, 2.05) is 11.3 Å². The summed E-state index contributed by atoms with van der Waals surface area (Å²) in [5.74, 6) is 0.902. The van der Waals surface area contributed by atoms with E-state index < -0.39 is 0 Å². The van der Waals surface area contributed by atoms with Gasteiger partial charge in [-0.05, 0) is 55.2 Å². The van der Waals surface area contributed by atoms with Gasteiger partial charge in [0.25, 0.3) is 0 Å². The van der Waals surface area contributed by atoms with Crippen LogP contribution >= 0.6 is 11.3 Å². The first-order valence-corrected chi connectivity index (χ1v) is 6.48. The summed E-state index contributed by atoms with van der Waals surface area (Å²) in [6.45, 7) is 6.69. The molecule has 0 atom stereocenters. The van der Waals surface area contributed by atoms with Crippen molar-refractivity contribution in [2.24, 2.45) is 0 Å². The SMILES string of the molecule is CCCNCc1csc(C)c1C1CC1. The zero-order chi connectivity index (χ0) is 9.97. The summed E-state index contributed by atoms with van der Waals surface area (Å²) in [4.78, 5) is 1.54. The first-order valence-electron chi connectivity index (χ1n) is 5.60. The van der Waals surface area contributed by atoms with Gasteiger partial charge in [0.1, 0.15) is 0 Å². The lowest BCUT2D eigenvalue weighted by molar-refractivity contribution is 0.672. The highest BCUT2D eigenvalue weighted by Gasteiger charge is 2.28. The highest BCUT2D eigenvalue weighted by molar-refractivity contribution is 7.10. The van der Waals surface area contributed by atoms with Crippen molar-refractivity contribution in [3.8, 4) is 0 Å². The van der Waals surface area contributed by atoms with Crippen molar-refractivity contribution in [2.45, 2.75) is 45.6 Å². The van der Waals surface area contributed by atoms with Crippen molar-refractivity contribution < 1.29 is 0 Å². The summed E-state index contributed by atoms with van der Waals surface area (Å²) in [5, 5.41) is 5.83. The van der Waals surface area contributed by atoms with Crippen LogP contribution in [-0.4, -0.2) is 6.54 Å². The minimum atomic E-state index is 0.902. The fourth-order valence-corrected chi connectivity index (χ4v) is 2.93. The molecule has 0 radical (unpaired) electrons. The van der Waals surface area contributed by atoms with Gasteiger partial charge in [-0.1, -0.05) is 6.92 Å². The van der Waals surface area contributed by atoms with Crippen LogP contribution < -0.4 is 5.32 Å². The predicted octanol–water partition coefficient (Wildman–Crippen LogP) is 3.43. The Balaban J connectivity index is 2.01. The van der Waals surface area contributed by atoms with Gasteiger partial charge in [0.2, 0.25) is 0 Å². The molecular weight excluding hydrogens is 190 g/mol. The second-order valence-electron chi connectivity index (χ2n) is 4.18. The van der Waals surface area contributed by atoms with Crippen molar-refractivity contribution >= 4 is 11.3 Å². The van der Waals surface area contributed by atoms with E-state index in [0.29, 0.717) is 0 Å². The summed E-state index contributed by atoms with van der Waals surface area (Å²) in [6, 6.07) is 0. The molecule has 1 aromatic rings. The van der Waals surface area contributed by atoms with Crippen LogP contribution in [0.25, 0.3) is 0 Å². The van der Waals surface area contributed by atoms with Crippen molar-refractivity contribution in [3.05, 3.63) is 21.4 Å². The molecule has 0 bridgehead atoms. The molecule has 0 spiro atoms. The van der Waals surface area contributed by atoms with Crippen LogP contribution in [0.2, 0.25) is 0 Å². The van der Waals surface area contributed by atoms with E-state index in [2.05, 4.69) is 24.5 Å². The van der Waals surface area contributed by atoms with Crippen LogP contribution in [0.1, 0.15) is 48.1 Å². The van der Waals surface area contributed by atoms with Gasteiger partial charge in [0.15, 0.2) is 0 Å². The second-order valence-corrected chi connectivity index (χ2v) is 5.27. The van der Waals surface area contributed by atoms with Crippen LogP contribution in [0, 0.1) is 6.92 Å². The average Bonchev–Trinajstić information content (AvgIpc) is 2.93. The Hall–Kier alpha value is -0.340. The zero-order valence-electron chi connectivity index (χ0n) is 9.10. The summed E-state index contributed by atoms with van der Waals surface area (Å²) in [6.07, 6.45) is 4.05. The Kier molecular flexibility index (Phi) is 3.24. The Bertz CT molecular complexity index is 299. The van der Waals surface area contributed by atoms with Gasteiger partial charge in [-0.3, -0.25) is 0 Å². The summed E-state index contributed by atoms with van der Waals surface area (Å²) in [7, 11) is 0. The molecule has 1 aliphatic rings. The average molecular weight is 209 g/mol. The van der Waals surface area contributed by atoms with Crippen molar-refractivity contribution in [1.82, 2.24) is 5.32 Å². The molecular formula is C12H19NS. The highest BCUT2D eigenvalue weighted by atomic mass is 32.1. The Labute approximate surface area is 90.5 Å². The molecule has 14 heavy (non-hydrogen) atoms. The van der Waals surface area contributed by atoms with Crippen LogP contribution in [0.15, 0.2) is 5.38 Å². The molecule has 78 valence electrons. The lowest BCUT2D eigenvalue weighted by Crippen LogP contribution is -2.14. The standard InChI is InChI=1S/C12H19NS/c1-3-6-13-7-11-8-14-9(2)12(11)10-4-5-10/h8,10,13H,3-7H2,1-2H3. The third kappa shape index (κ3) is 2.18. The number of rotatable bonds is 5. The molecule has 1 nitrogen and oxygen atoms in total. The lowest BCUT2D eigenvalue weighted by atomic mass is 10.1. The van der Waals surface area contributed by atoms with Gasteiger partial charge in [-0.25, -0.2) is 0 Å². The zero-order valence-corrected chi connectivity index (χ0v) is 9.91. The van der Waals surface area contributed by atoms with E-state index in [-0.39, 0.29) is 0 Å². The van der Waals surface area contributed by atoms with Gasteiger partial charge in [0, 0.05) is 11.4 Å². The normalized spacial score (nSPS) is 16.1. The lowest BCUT2D eigenvalue weighted by Gasteiger charge is -2.05. The molecule has 0 amide bonds. The quantitative estimate of drug-likeness (QED) is 0.733. The Morgan fingerprint density at radius 3 is 2.93 bits per heavy atom. The Morgan fingerprint density at radius 1 is 1.50 bits per heavy atom. The van der Waals surface area contributed by atoms with Crippen molar-refractivity contribution in [3.63, 3.8) is 0 Å². The molecule has 1 fully saturated rings. The molecule has 0 unspecified atom stereocenters. The van der Waals surface area contributed by atoms with E-state index in [4.69, 9.17) is 0 Å². The predicted molar refractivity (Wildman–Crippen MR) is 63.0 cm³/mol. The van der Waals surface area contributed by atoms with E-state index in [1.165, 1.54) is 19.3 Å². The summed E-state index contributed by atoms with van der Waals surface area (Å²) < 4.78 is 0. The van der Waals surface area contributed by atoms with E-state index in [9.17, 15) is 0 Å². The van der Waals surface area contributed by atoms with Crippen molar-refractivity contribution in [2.75, 3.05) is 6.54 Å². The van der Waals surface area contributed by atoms with Gasteiger partial charge in [-0.15, -0.1) is 11.3 Å². The van der Waals surface area contributed by atoms with Gasteiger partial charge in [0.05, 0.1) is 0 Å². The molecule has 0 saturated heterocycles. The molecule has 0 aromatic carbocycles. The van der Waals surface area contributed by atoms with Crippen LogP contribution in [0.5, 0.6) is 0 Å². The first kappa shape index (κ1) is 10.2. The maximum absolute atomic E-state index is 3.49. The minimum absolute atomic E-state index is 0.902. The van der Waals surface area contributed by atoms with E-state index in [0.717, 1.165) is 19.0 Å². The Morgan fingerprint density at radius 2 is 2.29 bits per heavy atom. The topological polar surface area (TPSA) is 12.0 Å². The third-order valence-electron chi connectivity index (χ3n) is 2.83. The molecule has 1 heterocycles. The molecule has 1 N–H and O–H groups in total. The smallest absolute Gasteiger partial charge is 0.0216 e. The molecule has 2 heteroatoms. The molecule has 1 aromatic heterocycles. The second kappa shape index (κ2) is 4.45. The van der Waals surface area contributed by atoms with E-state index >= 15 is 0 Å². The fraction of sp³-hybridized carbons (Fsp3) is 0.667. The monoisotopic (exact) mass is 209 g/mol. The first-order chi connectivity index (χ1) is 6.83. The summed E-state index contributed by atoms with van der Waals surface area (Å²) in [5.41, 5.74) is 3.22. The third-order valence-corrected chi connectivity index (χ3v) is 3.81. The highest BCUT2D eigenvalue weighted by Crippen LogP contribution is 2.45. The minimum Gasteiger partial charge on any atom is -0.313 e. The van der Waals surface area contributed by atoms with Gasteiger partial charge < -0.3 is 5.32 Å². The van der Waals surface area contributed by atoms with Gasteiger partial charge in [-0.2, -0.15) is 0 Å². The number of hydrogen-bond donors (Lipinski definition) is 1. The number of aryl methyl sites for hydroxylation is 1. The number of thiophene rings is 1. The summed E-state index contributed by atoms with van der Waals surface area (Å²) >= 11 is 1.92. The number of hydrogen-bond acceptors (Lipinski definition) is 2. The molecule has 1 aliphatic carbocycles. The van der Waals surface area contributed by atoms with E-state index in [1.54, 1.807) is 16.0 Å². The molecule has 0 aliphatic heterocycles.